The summed E-state index contributed by atoms with van der Waals surface area (Å²) >= 11 is 12.4. The second kappa shape index (κ2) is 7.05. The lowest BCUT2D eigenvalue weighted by atomic mass is 10.2. The van der Waals surface area contributed by atoms with Gasteiger partial charge in [0.1, 0.15) is 5.75 Å². The quantitative estimate of drug-likeness (QED) is 0.855. The van der Waals surface area contributed by atoms with Gasteiger partial charge in [-0.3, -0.25) is 4.68 Å². The van der Waals surface area contributed by atoms with Crippen molar-refractivity contribution in [2.45, 2.75) is 33.4 Å². The topological polar surface area (TPSA) is 39.1 Å². The molecule has 21 heavy (non-hydrogen) atoms. The van der Waals surface area contributed by atoms with E-state index in [1.54, 1.807) is 13.2 Å². The van der Waals surface area contributed by atoms with E-state index in [-0.39, 0.29) is 0 Å². The first kappa shape index (κ1) is 16.0. The molecular formula is C15H19Cl2N3O. The molecule has 114 valence electrons. The van der Waals surface area contributed by atoms with Gasteiger partial charge in [0.05, 0.1) is 35.8 Å². The average Bonchev–Trinajstić information content (AvgIpc) is 2.80. The van der Waals surface area contributed by atoms with E-state index in [0.29, 0.717) is 11.6 Å². The Morgan fingerprint density at radius 2 is 2.05 bits per heavy atom. The number of methoxy groups -OCH3 is 1. The van der Waals surface area contributed by atoms with Gasteiger partial charge in [-0.25, -0.2) is 0 Å². The molecule has 0 fully saturated rings. The molecule has 0 aliphatic carbocycles. The Hall–Kier alpha value is -1.39. The third-order valence-electron chi connectivity index (χ3n) is 3.30. The minimum Gasteiger partial charge on any atom is -0.495 e. The summed E-state index contributed by atoms with van der Waals surface area (Å²) in [5.74, 6) is 0.744. The number of ether oxygens (including phenoxy) is 1. The molecule has 0 radical (unpaired) electrons. The van der Waals surface area contributed by atoms with Crippen LogP contribution < -0.4 is 10.1 Å². The average molecular weight is 328 g/mol. The molecule has 6 heteroatoms. The molecule has 0 saturated heterocycles. The van der Waals surface area contributed by atoms with E-state index >= 15 is 0 Å². The maximum Gasteiger partial charge on any atom is 0.142 e. The Morgan fingerprint density at radius 3 is 2.67 bits per heavy atom. The van der Waals surface area contributed by atoms with Gasteiger partial charge in [-0.2, -0.15) is 5.10 Å². The zero-order valence-electron chi connectivity index (χ0n) is 12.4. The lowest BCUT2D eigenvalue weighted by molar-refractivity contribution is 0.416. The first-order chi connectivity index (χ1) is 10.1. The molecule has 0 aliphatic rings. The molecule has 2 aromatic rings. The summed E-state index contributed by atoms with van der Waals surface area (Å²) in [5, 5.41) is 9.21. The van der Waals surface area contributed by atoms with Gasteiger partial charge in [0, 0.05) is 11.6 Å². The summed E-state index contributed by atoms with van der Waals surface area (Å²) in [4.78, 5) is 0. The Morgan fingerprint density at radius 1 is 1.29 bits per heavy atom. The molecule has 0 aliphatic heterocycles. The van der Waals surface area contributed by atoms with Crippen molar-refractivity contribution in [2.24, 2.45) is 0 Å². The second-order valence-corrected chi connectivity index (χ2v) is 5.39. The highest BCUT2D eigenvalue weighted by atomic mass is 35.5. The van der Waals surface area contributed by atoms with Crippen molar-refractivity contribution in [1.82, 2.24) is 9.78 Å². The largest absolute Gasteiger partial charge is 0.495 e. The summed E-state index contributed by atoms with van der Waals surface area (Å²) < 4.78 is 7.25. The summed E-state index contributed by atoms with van der Waals surface area (Å²) in [6, 6.07) is 5.46. The number of anilines is 1. The molecule has 0 spiro atoms. The highest BCUT2D eigenvalue weighted by Gasteiger charge is 2.14. The van der Waals surface area contributed by atoms with Crippen molar-refractivity contribution in [3.63, 3.8) is 0 Å². The fourth-order valence-electron chi connectivity index (χ4n) is 2.18. The third kappa shape index (κ3) is 3.44. The number of benzene rings is 1. The number of aromatic nitrogens is 2. The van der Waals surface area contributed by atoms with Crippen molar-refractivity contribution in [1.29, 1.82) is 0 Å². The monoisotopic (exact) mass is 327 g/mol. The first-order valence-electron chi connectivity index (χ1n) is 6.92. The van der Waals surface area contributed by atoms with Crippen molar-refractivity contribution in [2.75, 3.05) is 12.4 Å². The molecule has 2 rings (SSSR count). The Bertz CT molecular complexity index is 626. The van der Waals surface area contributed by atoms with Gasteiger partial charge in [-0.15, -0.1) is 0 Å². The molecular weight excluding hydrogens is 309 g/mol. The lowest BCUT2D eigenvalue weighted by Gasteiger charge is -2.12. The van der Waals surface area contributed by atoms with Crippen LogP contribution in [0.2, 0.25) is 10.0 Å². The van der Waals surface area contributed by atoms with Crippen LogP contribution in [-0.2, 0) is 19.5 Å². The van der Waals surface area contributed by atoms with E-state index in [4.69, 9.17) is 27.9 Å². The van der Waals surface area contributed by atoms with Gasteiger partial charge in [0.2, 0.25) is 0 Å². The number of hydrogen-bond acceptors (Lipinski definition) is 3. The maximum absolute atomic E-state index is 6.40. The van der Waals surface area contributed by atoms with Crippen molar-refractivity contribution < 1.29 is 4.74 Å². The number of nitrogens with zero attached hydrogens (tertiary/aromatic N) is 2. The molecule has 1 N–H and O–H groups in total. The van der Waals surface area contributed by atoms with Gasteiger partial charge < -0.3 is 10.1 Å². The predicted molar refractivity (Wildman–Crippen MR) is 87.6 cm³/mol. The van der Waals surface area contributed by atoms with Crippen LogP contribution in [-0.4, -0.2) is 16.9 Å². The van der Waals surface area contributed by atoms with E-state index in [1.807, 2.05) is 30.7 Å². The summed E-state index contributed by atoms with van der Waals surface area (Å²) in [6.45, 7) is 5.44. The minimum atomic E-state index is 0.566. The van der Waals surface area contributed by atoms with Crippen LogP contribution in [0.5, 0.6) is 5.75 Å². The van der Waals surface area contributed by atoms with Gasteiger partial charge in [0.15, 0.2) is 0 Å². The van der Waals surface area contributed by atoms with Gasteiger partial charge >= 0.3 is 0 Å². The minimum absolute atomic E-state index is 0.566. The summed E-state index contributed by atoms with van der Waals surface area (Å²) in [7, 11) is 1.63. The van der Waals surface area contributed by atoms with Gasteiger partial charge in [0.25, 0.3) is 0 Å². The number of hydrogen-bond donors (Lipinski definition) is 1. The number of rotatable bonds is 6. The van der Waals surface area contributed by atoms with Crippen LogP contribution in [0.1, 0.15) is 25.2 Å². The van der Waals surface area contributed by atoms with E-state index in [2.05, 4.69) is 10.4 Å². The third-order valence-corrected chi connectivity index (χ3v) is 3.97. The Kier molecular flexibility index (Phi) is 5.37. The molecule has 1 aromatic heterocycles. The fourth-order valence-corrected chi connectivity index (χ4v) is 2.69. The number of halogens is 2. The molecule has 1 aromatic carbocycles. The summed E-state index contributed by atoms with van der Waals surface area (Å²) in [5.41, 5.74) is 2.73. The molecule has 0 unspecified atom stereocenters. The molecule has 0 amide bonds. The standard InChI is InChI=1S/C15H19Cl2N3O/c1-4-11-15(17)13(20(5-2)19-11)9-18-12-8-10(16)6-7-14(12)21-3/h6-8,18H,4-5,9H2,1-3H3. The van der Waals surface area contributed by atoms with E-state index in [0.717, 1.165) is 40.8 Å². The summed E-state index contributed by atoms with van der Waals surface area (Å²) in [6.07, 6.45) is 0.819. The first-order valence-corrected chi connectivity index (χ1v) is 7.67. The van der Waals surface area contributed by atoms with Crippen LogP contribution in [0.15, 0.2) is 18.2 Å². The molecule has 1 heterocycles. The Labute approximate surface area is 135 Å². The molecule has 0 bridgehead atoms. The van der Waals surface area contributed by atoms with E-state index in [9.17, 15) is 0 Å². The van der Waals surface area contributed by atoms with E-state index in [1.165, 1.54) is 0 Å². The fraction of sp³-hybridized carbons (Fsp3) is 0.400. The van der Waals surface area contributed by atoms with Crippen LogP contribution in [0.25, 0.3) is 0 Å². The van der Waals surface area contributed by atoms with Crippen molar-refractivity contribution in [3.8, 4) is 5.75 Å². The molecule has 0 saturated carbocycles. The van der Waals surface area contributed by atoms with E-state index < -0.39 is 0 Å². The van der Waals surface area contributed by atoms with Crippen LogP contribution in [0, 0.1) is 0 Å². The normalized spacial score (nSPS) is 10.7. The molecule has 4 nitrogen and oxygen atoms in total. The van der Waals surface area contributed by atoms with Crippen LogP contribution in [0.4, 0.5) is 5.69 Å². The number of aryl methyl sites for hydroxylation is 2. The van der Waals surface area contributed by atoms with Gasteiger partial charge in [-0.1, -0.05) is 30.1 Å². The Balaban J connectivity index is 2.24. The van der Waals surface area contributed by atoms with Gasteiger partial charge in [-0.05, 0) is 31.5 Å². The zero-order chi connectivity index (χ0) is 15.4. The van der Waals surface area contributed by atoms with Crippen molar-refractivity contribution >= 4 is 28.9 Å². The van der Waals surface area contributed by atoms with Crippen LogP contribution in [0.3, 0.4) is 0 Å². The maximum atomic E-state index is 6.40. The predicted octanol–water partition coefficient (Wildman–Crippen LogP) is 4.39. The molecule has 0 atom stereocenters. The zero-order valence-corrected chi connectivity index (χ0v) is 13.9. The SMILES string of the molecule is CCc1nn(CC)c(CNc2cc(Cl)ccc2OC)c1Cl. The highest BCUT2D eigenvalue weighted by Crippen LogP contribution is 2.29. The van der Waals surface area contributed by atoms with Crippen LogP contribution >= 0.6 is 23.2 Å². The van der Waals surface area contributed by atoms with Crippen molar-refractivity contribution in [3.05, 3.63) is 39.6 Å². The highest BCUT2D eigenvalue weighted by molar-refractivity contribution is 6.32. The second-order valence-electron chi connectivity index (χ2n) is 4.57. The smallest absolute Gasteiger partial charge is 0.142 e. The number of nitrogens with one attached hydrogen (secondary N) is 1. The lowest BCUT2D eigenvalue weighted by Crippen LogP contribution is -2.09.